The third-order valence-corrected chi connectivity index (χ3v) is 4.29. The molecule has 25 heavy (non-hydrogen) atoms. The SMILES string of the molecule is O=C(Cc1ccc(CCl)cc1)OC(c1ccccc1)c1ccccc1. The molecule has 0 aliphatic carbocycles. The fourth-order valence-electron chi connectivity index (χ4n) is 2.67. The molecule has 0 saturated heterocycles. The zero-order valence-corrected chi connectivity index (χ0v) is 14.5. The summed E-state index contributed by atoms with van der Waals surface area (Å²) in [5, 5.41) is 0. The molecular weight excluding hydrogens is 332 g/mol. The Morgan fingerprint density at radius 2 is 1.24 bits per heavy atom. The van der Waals surface area contributed by atoms with Gasteiger partial charge < -0.3 is 4.74 Å². The highest BCUT2D eigenvalue weighted by Gasteiger charge is 2.18. The Morgan fingerprint density at radius 3 is 1.72 bits per heavy atom. The van der Waals surface area contributed by atoms with Crippen LogP contribution in [0.2, 0.25) is 0 Å². The van der Waals surface area contributed by atoms with Crippen LogP contribution >= 0.6 is 11.6 Å². The number of hydrogen-bond acceptors (Lipinski definition) is 2. The highest BCUT2D eigenvalue weighted by atomic mass is 35.5. The van der Waals surface area contributed by atoms with Gasteiger partial charge in [-0.2, -0.15) is 0 Å². The van der Waals surface area contributed by atoms with Crippen LogP contribution in [-0.2, 0) is 21.8 Å². The molecule has 0 N–H and O–H groups in total. The van der Waals surface area contributed by atoms with Crippen LogP contribution < -0.4 is 0 Å². The monoisotopic (exact) mass is 350 g/mol. The van der Waals surface area contributed by atoms with Gasteiger partial charge in [-0.25, -0.2) is 0 Å². The lowest BCUT2D eigenvalue weighted by Gasteiger charge is -2.19. The first-order valence-electron chi connectivity index (χ1n) is 8.19. The van der Waals surface area contributed by atoms with Crippen LogP contribution in [0.25, 0.3) is 0 Å². The number of ether oxygens (including phenoxy) is 1. The van der Waals surface area contributed by atoms with Crippen LogP contribution in [0, 0.1) is 0 Å². The van der Waals surface area contributed by atoms with Crippen LogP contribution in [0.1, 0.15) is 28.4 Å². The number of halogens is 1. The summed E-state index contributed by atoms with van der Waals surface area (Å²) in [7, 11) is 0. The van der Waals surface area contributed by atoms with Gasteiger partial charge >= 0.3 is 5.97 Å². The summed E-state index contributed by atoms with van der Waals surface area (Å²) in [5.41, 5.74) is 3.86. The Kier molecular flexibility index (Phi) is 5.86. The van der Waals surface area contributed by atoms with Crippen molar-refractivity contribution in [3.05, 3.63) is 107 Å². The van der Waals surface area contributed by atoms with Crippen LogP contribution in [0.5, 0.6) is 0 Å². The van der Waals surface area contributed by atoms with Crippen molar-refractivity contribution in [1.29, 1.82) is 0 Å². The van der Waals surface area contributed by atoms with E-state index in [1.54, 1.807) is 0 Å². The summed E-state index contributed by atoms with van der Waals surface area (Å²) < 4.78 is 5.82. The van der Waals surface area contributed by atoms with Gasteiger partial charge in [-0.3, -0.25) is 4.79 Å². The van der Waals surface area contributed by atoms with Crippen molar-refractivity contribution in [2.24, 2.45) is 0 Å². The first-order chi connectivity index (χ1) is 12.3. The molecule has 0 unspecified atom stereocenters. The molecule has 0 radical (unpaired) electrons. The lowest BCUT2D eigenvalue weighted by molar-refractivity contribution is -0.146. The molecule has 3 aromatic rings. The van der Waals surface area contributed by atoms with E-state index in [4.69, 9.17) is 16.3 Å². The van der Waals surface area contributed by atoms with Gasteiger partial charge in [0.15, 0.2) is 6.10 Å². The number of rotatable bonds is 6. The highest BCUT2D eigenvalue weighted by molar-refractivity contribution is 6.17. The van der Waals surface area contributed by atoms with Gasteiger partial charge in [0, 0.05) is 5.88 Å². The number of benzene rings is 3. The molecule has 0 fully saturated rings. The molecule has 3 aromatic carbocycles. The molecule has 0 amide bonds. The Morgan fingerprint density at radius 1 is 0.760 bits per heavy atom. The minimum absolute atomic E-state index is 0.235. The smallest absolute Gasteiger partial charge is 0.311 e. The Balaban J connectivity index is 1.76. The average Bonchev–Trinajstić information content (AvgIpc) is 2.68. The minimum Gasteiger partial charge on any atom is -0.452 e. The summed E-state index contributed by atoms with van der Waals surface area (Å²) >= 11 is 5.80. The molecule has 0 atom stereocenters. The highest BCUT2D eigenvalue weighted by Crippen LogP contribution is 2.26. The van der Waals surface area contributed by atoms with Crippen LogP contribution in [0.3, 0.4) is 0 Å². The number of esters is 1. The first-order valence-corrected chi connectivity index (χ1v) is 8.73. The zero-order chi connectivity index (χ0) is 17.5. The second kappa shape index (κ2) is 8.50. The summed E-state index contributed by atoms with van der Waals surface area (Å²) in [5.74, 6) is 0.214. The number of carbonyl (C=O) groups excluding carboxylic acids is 1. The summed E-state index contributed by atoms with van der Waals surface area (Å²) in [4.78, 5) is 12.5. The number of alkyl halides is 1. The first kappa shape index (κ1) is 17.2. The fraction of sp³-hybridized carbons (Fsp3) is 0.136. The molecule has 0 spiro atoms. The van der Waals surface area contributed by atoms with E-state index in [1.165, 1.54) is 0 Å². The molecule has 0 aromatic heterocycles. The number of hydrogen-bond donors (Lipinski definition) is 0. The van der Waals surface area contributed by atoms with Crippen molar-refractivity contribution < 1.29 is 9.53 Å². The van der Waals surface area contributed by atoms with Crippen molar-refractivity contribution >= 4 is 17.6 Å². The summed E-state index contributed by atoms with van der Waals surface area (Å²) in [6.45, 7) is 0. The maximum Gasteiger partial charge on any atom is 0.311 e. The predicted molar refractivity (Wildman–Crippen MR) is 101 cm³/mol. The molecule has 0 heterocycles. The Labute approximate surface area is 153 Å². The second-order valence-corrected chi connectivity index (χ2v) is 6.09. The maximum absolute atomic E-state index is 12.5. The van der Waals surface area contributed by atoms with Crippen molar-refractivity contribution in [2.75, 3.05) is 0 Å². The lowest BCUT2D eigenvalue weighted by atomic mass is 10.0. The van der Waals surface area contributed by atoms with Crippen LogP contribution in [-0.4, -0.2) is 5.97 Å². The molecule has 0 saturated carbocycles. The van der Waals surface area contributed by atoms with Crippen molar-refractivity contribution in [2.45, 2.75) is 18.4 Å². The van der Waals surface area contributed by atoms with Gasteiger partial charge in [0.05, 0.1) is 6.42 Å². The fourth-order valence-corrected chi connectivity index (χ4v) is 2.85. The van der Waals surface area contributed by atoms with E-state index in [-0.39, 0.29) is 12.4 Å². The van der Waals surface area contributed by atoms with Crippen LogP contribution in [0.15, 0.2) is 84.9 Å². The lowest BCUT2D eigenvalue weighted by Crippen LogP contribution is -2.14. The molecule has 0 aliphatic heterocycles. The van der Waals surface area contributed by atoms with Gasteiger partial charge in [-0.15, -0.1) is 11.6 Å². The predicted octanol–water partition coefficient (Wildman–Crippen LogP) is 5.30. The molecule has 2 nitrogen and oxygen atoms in total. The van der Waals surface area contributed by atoms with E-state index in [2.05, 4.69) is 0 Å². The molecule has 3 rings (SSSR count). The quantitative estimate of drug-likeness (QED) is 0.445. The molecular formula is C22H19ClO2. The van der Waals surface area contributed by atoms with Gasteiger partial charge in [-0.1, -0.05) is 84.9 Å². The normalized spacial score (nSPS) is 10.6. The summed E-state index contributed by atoms with van der Waals surface area (Å²) in [6.07, 6.45) is -0.171. The molecule has 126 valence electrons. The van der Waals surface area contributed by atoms with Gasteiger partial charge in [0.1, 0.15) is 0 Å². The third-order valence-electron chi connectivity index (χ3n) is 3.98. The third kappa shape index (κ3) is 4.71. The van der Waals surface area contributed by atoms with E-state index < -0.39 is 6.10 Å². The van der Waals surface area contributed by atoms with E-state index in [0.29, 0.717) is 5.88 Å². The average molecular weight is 351 g/mol. The molecule has 3 heteroatoms. The maximum atomic E-state index is 12.5. The van der Waals surface area contributed by atoms with Gasteiger partial charge in [0.2, 0.25) is 0 Å². The van der Waals surface area contributed by atoms with Gasteiger partial charge in [-0.05, 0) is 22.3 Å². The van der Waals surface area contributed by atoms with E-state index in [1.807, 2.05) is 84.9 Å². The van der Waals surface area contributed by atoms with E-state index >= 15 is 0 Å². The molecule has 0 bridgehead atoms. The van der Waals surface area contributed by atoms with Crippen molar-refractivity contribution in [3.63, 3.8) is 0 Å². The second-order valence-electron chi connectivity index (χ2n) is 5.82. The van der Waals surface area contributed by atoms with Crippen molar-refractivity contribution in [3.8, 4) is 0 Å². The minimum atomic E-state index is -0.406. The largest absolute Gasteiger partial charge is 0.452 e. The molecule has 0 aliphatic rings. The standard InChI is InChI=1S/C22H19ClO2/c23-16-18-13-11-17(12-14-18)15-21(24)25-22(19-7-3-1-4-8-19)20-9-5-2-6-10-20/h1-14,22H,15-16H2. The summed E-state index contributed by atoms with van der Waals surface area (Å²) in [6, 6.07) is 27.3. The number of carbonyl (C=O) groups is 1. The van der Waals surface area contributed by atoms with Crippen LogP contribution in [0.4, 0.5) is 0 Å². The Hall–Kier alpha value is -2.58. The van der Waals surface area contributed by atoms with Crippen molar-refractivity contribution in [1.82, 2.24) is 0 Å². The zero-order valence-electron chi connectivity index (χ0n) is 13.8. The van der Waals surface area contributed by atoms with E-state index in [9.17, 15) is 4.79 Å². The van der Waals surface area contributed by atoms with E-state index in [0.717, 1.165) is 22.3 Å². The topological polar surface area (TPSA) is 26.3 Å². The van der Waals surface area contributed by atoms with Gasteiger partial charge in [0.25, 0.3) is 0 Å². The Bertz CT molecular complexity index is 759.